The molecule has 0 aliphatic rings. The second kappa shape index (κ2) is 12.3. The van der Waals surface area contributed by atoms with Crippen molar-refractivity contribution in [2.24, 2.45) is 0 Å². The summed E-state index contributed by atoms with van der Waals surface area (Å²) in [5, 5.41) is 0. The Morgan fingerprint density at radius 1 is 0.571 bits per heavy atom. The summed E-state index contributed by atoms with van der Waals surface area (Å²) >= 11 is 0. The van der Waals surface area contributed by atoms with Crippen molar-refractivity contribution in [2.45, 2.75) is 53.4 Å². The molecule has 28 heavy (non-hydrogen) atoms. The van der Waals surface area contributed by atoms with Crippen LogP contribution in [0.2, 0.25) is 0 Å². The highest BCUT2D eigenvalue weighted by molar-refractivity contribution is 5.71. The molecule has 0 spiro atoms. The highest BCUT2D eigenvalue weighted by atomic mass is 15.1. The van der Waals surface area contributed by atoms with Crippen molar-refractivity contribution in [2.75, 3.05) is 36.0 Å². The maximum atomic E-state index is 2.53. The fraction of sp³-hybridized carbons (Fsp3) is 0.462. The fourth-order valence-corrected chi connectivity index (χ4v) is 3.44. The van der Waals surface area contributed by atoms with Gasteiger partial charge in [0.1, 0.15) is 0 Å². The van der Waals surface area contributed by atoms with Gasteiger partial charge in [0.05, 0.1) is 0 Å². The Morgan fingerprint density at radius 3 is 1.32 bits per heavy atom. The van der Waals surface area contributed by atoms with Crippen LogP contribution in [0.4, 0.5) is 11.4 Å². The number of anilines is 2. The topological polar surface area (TPSA) is 6.48 Å². The van der Waals surface area contributed by atoms with Crippen LogP contribution in [0, 0.1) is 0 Å². The van der Waals surface area contributed by atoms with Crippen LogP contribution in [0.1, 0.15) is 64.5 Å². The van der Waals surface area contributed by atoms with E-state index in [0.717, 1.165) is 26.2 Å². The Bertz CT molecular complexity index is 673. The molecule has 2 aromatic rings. The van der Waals surface area contributed by atoms with E-state index in [2.05, 4.69) is 98.2 Å². The number of nitrogens with zero attached hydrogens (tertiary/aromatic N) is 2. The van der Waals surface area contributed by atoms with Gasteiger partial charge in [0.15, 0.2) is 0 Å². The summed E-state index contributed by atoms with van der Waals surface area (Å²) in [6.45, 7) is 13.3. The Kier molecular flexibility index (Phi) is 9.68. The highest BCUT2D eigenvalue weighted by Gasteiger charge is 2.05. The van der Waals surface area contributed by atoms with E-state index < -0.39 is 0 Å². The standard InChI is InChI=1S/C26H38N2/c1-5-9-21-28(22-10-6-2)26-19-15-24(16-20-26)12-11-23-13-17-25(18-14-23)27(7-3)8-4/h11-20H,5-10,21-22H2,1-4H3/b12-11+. The molecule has 0 amide bonds. The fourth-order valence-electron chi connectivity index (χ4n) is 3.44. The third-order valence-corrected chi connectivity index (χ3v) is 5.31. The molecule has 0 aliphatic heterocycles. The van der Waals surface area contributed by atoms with Crippen molar-refractivity contribution >= 4 is 23.5 Å². The van der Waals surface area contributed by atoms with Crippen molar-refractivity contribution in [3.63, 3.8) is 0 Å². The predicted octanol–water partition coefficient (Wildman–Crippen LogP) is 7.11. The van der Waals surface area contributed by atoms with E-state index in [9.17, 15) is 0 Å². The third-order valence-electron chi connectivity index (χ3n) is 5.31. The summed E-state index contributed by atoms with van der Waals surface area (Å²) < 4.78 is 0. The third kappa shape index (κ3) is 6.74. The van der Waals surface area contributed by atoms with Crippen LogP contribution in [0.5, 0.6) is 0 Å². The number of rotatable bonds is 12. The summed E-state index contributed by atoms with van der Waals surface area (Å²) in [4.78, 5) is 4.90. The number of hydrogen-bond donors (Lipinski definition) is 0. The summed E-state index contributed by atoms with van der Waals surface area (Å²) in [6.07, 6.45) is 9.42. The minimum Gasteiger partial charge on any atom is -0.372 e. The average Bonchev–Trinajstić information content (AvgIpc) is 2.75. The molecule has 2 nitrogen and oxygen atoms in total. The van der Waals surface area contributed by atoms with Crippen LogP contribution in [0.15, 0.2) is 48.5 Å². The van der Waals surface area contributed by atoms with Gasteiger partial charge in [-0.25, -0.2) is 0 Å². The molecule has 0 saturated heterocycles. The van der Waals surface area contributed by atoms with E-state index in [1.54, 1.807) is 0 Å². The lowest BCUT2D eigenvalue weighted by Crippen LogP contribution is -2.25. The number of benzene rings is 2. The van der Waals surface area contributed by atoms with Crippen molar-refractivity contribution in [3.05, 3.63) is 59.7 Å². The van der Waals surface area contributed by atoms with E-state index in [4.69, 9.17) is 0 Å². The van der Waals surface area contributed by atoms with Crippen LogP contribution in [0.25, 0.3) is 12.2 Å². The van der Waals surface area contributed by atoms with Crippen molar-refractivity contribution in [1.29, 1.82) is 0 Å². The van der Waals surface area contributed by atoms with Crippen LogP contribution < -0.4 is 9.80 Å². The molecule has 0 atom stereocenters. The average molecular weight is 379 g/mol. The maximum absolute atomic E-state index is 2.53. The molecule has 2 aromatic carbocycles. The zero-order chi connectivity index (χ0) is 20.2. The summed E-state index contributed by atoms with van der Waals surface area (Å²) in [6, 6.07) is 17.9. The smallest absolute Gasteiger partial charge is 0.0366 e. The molecular formula is C26H38N2. The van der Waals surface area contributed by atoms with Gasteiger partial charge >= 0.3 is 0 Å². The van der Waals surface area contributed by atoms with E-state index in [1.165, 1.54) is 48.2 Å². The van der Waals surface area contributed by atoms with Gasteiger partial charge in [-0.1, -0.05) is 63.1 Å². The van der Waals surface area contributed by atoms with Crippen molar-refractivity contribution < 1.29 is 0 Å². The van der Waals surface area contributed by atoms with Crippen molar-refractivity contribution in [3.8, 4) is 0 Å². The van der Waals surface area contributed by atoms with Crippen LogP contribution in [0.3, 0.4) is 0 Å². The molecule has 152 valence electrons. The molecule has 0 saturated carbocycles. The Hall–Kier alpha value is -2.22. The molecular weight excluding hydrogens is 340 g/mol. The lowest BCUT2D eigenvalue weighted by Gasteiger charge is -2.24. The molecule has 0 fully saturated rings. The van der Waals surface area contributed by atoms with Crippen LogP contribution in [-0.4, -0.2) is 26.2 Å². The molecule has 0 N–H and O–H groups in total. The summed E-state index contributed by atoms with van der Waals surface area (Å²) in [5.74, 6) is 0. The van der Waals surface area contributed by atoms with Gasteiger partial charge in [-0.05, 0) is 62.1 Å². The van der Waals surface area contributed by atoms with Crippen LogP contribution in [-0.2, 0) is 0 Å². The number of hydrogen-bond acceptors (Lipinski definition) is 2. The maximum Gasteiger partial charge on any atom is 0.0366 e. The largest absolute Gasteiger partial charge is 0.372 e. The SMILES string of the molecule is CCCCN(CCCC)c1ccc(/C=C/c2ccc(N(CC)CC)cc2)cc1. The quantitative estimate of drug-likeness (QED) is 0.363. The minimum absolute atomic E-state index is 1.05. The van der Waals surface area contributed by atoms with Gasteiger partial charge in [-0.3, -0.25) is 0 Å². The normalized spacial score (nSPS) is 11.1. The molecule has 0 heterocycles. The highest BCUT2D eigenvalue weighted by Crippen LogP contribution is 2.20. The monoisotopic (exact) mass is 378 g/mol. The minimum atomic E-state index is 1.05. The van der Waals surface area contributed by atoms with E-state index in [1.807, 2.05) is 0 Å². The van der Waals surface area contributed by atoms with Crippen molar-refractivity contribution in [1.82, 2.24) is 0 Å². The molecule has 2 rings (SSSR count). The molecule has 2 heteroatoms. The lowest BCUT2D eigenvalue weighted by atomic mass is 10.1. The van der Waals surface area contributed by atoms with Gasteiger partial charge in [0.25, 0.3) is 0 Å². The lowest BCUT2D eigenvalue weighted by molar-refractivity contribution is 0.678. The van der Waals surface area contributed by atoms with Gasteiger partial charge in [-0.2, -0.15) is 0 Å². The summed E-state index contributed by atoms with van der Waals surface area (Å²) in [5.41, 5.74) is 5.14. The second-order valence-electron chi connectivity index (χ2n) is 7.38. The molecule has 0 aromatic heterocycles. The zero-order valence-corrected chi connectivity index (χ0v) is 18.3. The second-order valence-corrected chi connectivity index (χ2v) is 7.38. The predicted molar refractivity (Wildman–Crippen MR) is 127 cm³/mol. The molecule has 0 aliphatic carbocycles. The molecule has 0 unspecified atom stereocenters. The first kappa shape index (κ1) is 22.1. The first-order chi connectivity index (χ1) is 13.7. The number of unbranched alkanes of at least 4 members (excludes halogenated alkanes) is 2. The summed E-state index contributed by atoms with van der Waals surface area (Å²) in [7, 11) is 0. The van der Waals surface area contributed by atoms with Crippen LogP contribution >= 0.6 is 0 Å². The van der Waals surface area contributed by atoms with E-state index in [-0.39, 0.29) is 0 Å². The van der Waals surface area contributed by atoms with E-state index >= 15 is 0 Å². The molecule has 0 radical (unpaired) electrons. The van der Waals surface area contributed by atoms with E-state index in [0.29, 0.717) is 0 Å². The first-order valence-electron chi connectivity index (χ1n) is 11.1. The zero-order valence-electron chi connectivity index (χ0n) is 18.3. The van der Waals surface area contributed by atoms with Gasteiger partial charge in [0, 0.05) is 37.6 Å². The van der Waals surface area contributed by atoms with Gasteiger partial charge < -0.3 is 9.80 Å². The molecule has 0 bridgehead atoms. The Labute approximate surface area is 172 Å². The first-order valence-corrected chi connectivity index (χ1v) is 11.1. The Balaban J connectivity index is 2.02. The Morgan fingerprint density at radius 2 is 0.964 bits per heavy atom. The van der Waals surface area contributed by atoms with Gasteiger partial charge in [0.2, 0.25) is 0 Å². The van der Waals surface area contributed by atoms with Gasteiger partial charge in [-0.15, -0.1) is 0 Å².